The van der Waals surface area contributed by atoms with E-state index in [1.807, 2.05) is 31.2 Å². The minimum absolute atomic E-state index is 0.0203. The summed E-state index contributed by atoms with van der Waals surface area (Å²) in [6, 6.07) is 7.60. The molecule has 0 fully saturated rings. The van der Waals surface area contributed by atoms with E-state index in [2.05, 4.69) is 39.8 Å². The van der Waals surface area contributed by atoms with Crippen LogP contribution in [0, 0.1) is 0 Å². The molecule has 0 amide bonds. The number of ether oxygens (including phenoxy) is 2. The van der Waals surface area contributed by atoms with Gasteiger partial charge in [-0.05, 0) is 25.0 Å². The molecule has 2 rings (SSSR count). The fourth-order valence-corrected chi connectivity index (χ4v) is 3.14. The maximum absolute atomic E-state index is 5.91. The van der Waals surface area contributed by atoms with Gasteiger partial charge in [0.05, 0.1) is 25.9 Å². The number of methoxy groups -OCH3 is 1. The third-order valence-electron chi connectivity index (χ3n) is 3.73. The number of hydrogen-bond donors (Lipinski definition) is 2. The van der Waals surface area contributed by atoms with E-state index in [-0.39, 0.29) is 6.10 Å². The van der Waals surface area contributed by atoms with Crippen LogP contribution >= 0.6 is 11.3 Å². The van der Waals surface area contributed by atoms with Crippen LogP contribution in [0.3, 0.4) is 0 Å². The third kappa shape index (κ3) is 6.22. The number of nitrogens with one attached hydrogen (secondary N) is 2. The molecule has 2 aromatic rings. The fourth-order valence-electron chi connectivity index (χ4n) is 2.24. The molecule has 0 aliphatic heterocycles. The molecule has 1 aromatic heterocycles. The third-order valence-corrected chi connectivity index (χ3v) is 4.59. The van der Waals surface area contributed by atoms with Crippen molar-refractivity contribution in [2.45, 2.75) is 39.3 Å². The summed E-state index contributed by atoms with van der Waals surface area (Å²) in [6.45, 7) is 7.59. The van der Waals surface area contributed by atoms with Crippen molar-refractivity contribution in [3.8, 4) is 11.5 Å². The van der Waals surface area contributed by atoms with Gasteiger partial charge in [-0.2, -0.15) is 0 Å². The van der Waals surface area contributed by atoms with Gasteiger partial charge in [-0.15, -0.1) is 11.3 Å². The first kappa shape index (κ1) is 20.0. The summed E-state index contributed by atoms with van der Waals surface area (Å²) in [4.78, 5) is 8.87. The Morgan fingerprint density at radius 2 is 2.00 bits per heavy atom. The molecule has 0 radical (unpaired) electrons. The Morgan fingerprint density at radius 3 is 2.65 bits per heavy atom. The van der Waals surface area contributed by atoms with Crippen LogP contribution in [0.15, 0.2) is 34.6 Å². The van der Waals surface area contributed by atoms with Crippen molar-refractivity contribution in [2.75, 3.05) is 20.7 Å². The van der Waals surface area contributed by atoms with Crippen molar-refractivity contribution in [3.63, 3.8) is 0 Å². The van der Waals surface area contributed by atoms with E-state index in [0.717, 1.165) is 28.2 Å². The van der Waals surface area contributed by atoms with Gasteiger partial charge in [0.25, 0.3) is 0 Å². The SMILES string of the molecule is CN=C(NCc1nc(C(C)C)cs1)NCC(C)Oc1cccc(OC)c1. The molecule has 1 heterocycles. The van der Waals surface area contributed by atoms with Crippen molar-refractivity contribution >= 4 is 17.3 Å². The van der Waals surface area contributed by atoms with E-state index in [9.17, 15) is 0 Å². The molecule has 0 saturated carbocycles. The number of nitrogens with zero attached hydrogens (tertiary/aromatic N) is 2. The second-order valence-corrected chi connectivity index (χ2v) is 7.18. The highest BCUT2D eigenvalue weighted by molar-refractivity contribution is 7.09. The maximum atomic E-state index is 5.91. The van der Waals surface area contributed by atoms with Gasteiger partial charge < -0.3 is 20.1 Å². The van der Waals surface area contributed by atoms with Gasteiger partial charge >= 0.3 is 0 Å². The van der Waals surface area contributed by atoms with Crippen molar-refractivity contribution in [1.82, 2.24) is 15.6 Å². The van der Waals surface area contributed by atoms with Gasteiger partial charge in [-0.1, -0.05) is 19.9 Å². The summed E-state index contributed by atoms with van der Waals surface area (Å²) in [5, 5.41) is 9.73. The summed E-state index contributed by atoms with van der Waals surface area (Å²) in [6.07, 6.45) is -0.0203. The number of thiazole rings is 1. The molecule has 142 valence electrons. The van der Waals surface area contributed by atoms with Crippen molar-refractivity contribution in [1.29, 1.82) is 0 Å². The van der Waals surface area contributed by atoms with Crippen LogP contribution in [0.5, 0.6) is 11.5 Å². The Bertz CT molecular complexity index is 715. The number of guanidine groups is 1. The molecule has 0 aliphatic carbocycles. The molecule has 6 nitrogen and oxygen atoms in total. The number of hydrogen-bond acceptors (Lipinski definition) is 5. The molecule has 26 heavy (non-hydrogen) atoms. The topological polar surface area (TPSA) is 67.8 Å². The van der Waals surface area contributed by atoms with Crippen LogP contribution in [0.4, 0.5) is 0 Å². The van der Waals surface area contributed by atoms with E-state index >= 15 is 0 Å². The van der Waals surface area contributed by atoms with Crippen molar-refractivity contribution in [3.05, 3.63) is 40.3 Å². The maximum Gasteiger partial charge on any atom is 0.191 e. The molecular formula is C19H28N4O2S. The summed E-state index contributed by atoms with van der Waals surface area (Å²) in [7, 11) is 3.40. The zero-order valence-corrected chi connectivity index (χ0v) is 16.9. The summed E-state index contributed by atoms with van der Waals surface area (Å²) >= 11 is 1.67. The zero-order valence-electron chi connectivity index (χ0n) is 16.1. The zero-order chi connectivity index (χ0) is 18.9. The highest BCUT2D eigenvalue weighted by Crippen LogP contribution is 2.20. The second-order valence-electron chi connectivity index (χ2n) is 6.23. The number of rotatable bonds is 8. The molecule has 7 heteroatoms. The van der Waals surface area contributed by atoms with Crippen LogP contribution in [-0.2, 0) is 6.54 Å². The van der Waals surface area contributed by atoms with E-state index in [0.29, 0.717) is 19.0 Å². The standard InChI is InChI=1S/C19H28N4O2S/c1-13(2)17-12-26-18(23-17)11-22-19(20-4)21-10-14(3)25-16-8-6-7-15(9-16)24-5/h6-9,12-14H,10-11H2,1-5H3,(H2,20,21,22). The predicted molar refractivity (Wildman–Crippen MR) is 107 cm³/mol. The van der Waals surface area contributed by atoms with E-state index in [4.69, 9.17) is 9.47 Å². The Balaban J connectivity index is 1.78. The first-order valence-electron chi connectivity index (χ1n) is 8.71. The van der Waals surface area contributed by atoms with Gasteiger partial charge in [-0.25, -0.2) is 4.98 Å². The summed E-state index contributed by atoms with van der Waals surface area (Å²) < 4.78 is 11.1. The number of benzene rings is 1. The monoisotopic (exact) mass is 376 g/mol. The minimum Gasteiger partial charge on any atom is -0.497 e. The molecule has 0 spiro atoms. The fraction of sp³-hybridized carbons (Fsp3) is 0.474. The lowest BCUT2D eigenvalue weighted by Crippen LogP contribution is -2.41. The molecular weight excluding hydrogens is 348 g/mol. The van der Waals surface area contributed by atoms with Crippen molar-refractivity contribution in [2.24, 2.45) is 4.99 Å². The Morgan fingerprint density at radius 1 is 1.23 bits per heavy atom. The van der Waals surface area contributed by atoms with Crippen LogP contribution in [0.1, 0.15) is 37.4 Å². The van der Waals surface area contributed by atoms with Crippen LogP contribution in [0.2, 0.25) is 0 Å². The average Bonchev–Trinajstić information content (AvgIpc) is 3.11. The lowest BCUT2D eigenvalue weighted by Gasteiger charge is -2.17. The molecule has 1 unspecified atom stereocenters. The molecule has 1 atom stereocenters. The lowest BCUT2D eigenvalue weighted by molar-refractivity contribution is 0.223. The largest absolute Gasteiger partial charge is 0.497 e. The van der Waals surface area contributed by atoms with E-state index in [1.54, 1.807) is 25.5 Å². The van der Waals surface area contributed by atoms with Crippen LogP contribution < -0.4 is 20.1 Å². The summed E-state index contributed by atoms with van der Waals surface area (Å²) in [5.74, 6) is 2.74. The lowest BCUT2D eigenvalue weighted by atomic mass is 10.2. The van der Waals surface area contributed by atoms with Gasteiger partial charge in [0, 0.05) is 18.5 Å². The van der Waals surface area contributed by atoms with Crippen molar-refractivity contribution < 1.29 is 9.47 Å². The second kappa shape index (κ2) is 10.0. The predicted octanol–water partition coefficient (Wildman–Crippen LogP) is 3.41. The smallest absolute Gasteiger partial charge is 0.191 e. The first-order chi connectivity index (χ1) is 12.5. The van der Waals surface area contributed by atoms with Crippen LogP contribution in [0.25, 0.3) is 0 Å². The minimum atomic E-state index is -0.0203. The Labute approximate surface area is 159 Å². The summed E-state index contributed by atoms with van der Waals surface area (Å²) in [5.41, 5.74) is 1.13. The molecule has 1 aromatic carbocycles. The molecule has 0 aliphatic rings. The van der Waals surface area contributed by atoms with Gasteiger partial charge in [0.2, 0.25) is 0 Å². The normalized spacial score (nSPS) is 12.8. The van der Waals surface area contributed by atoms with E-state index in [1.165, 1.54) is 0 Å². The quantitative estimate of drug-likeness (QED) is 0.546. The Kier molecular flexibility index (Phi) is 7.72. The van der Waals surface area contributed by atoms with Gasteiger partial charge in [-0.3, -0.25) is 4.99 Å². The molecule has 2 N–H and O–H groups in total. The van der Waals surface area contributed by atoms with Gasteiger partial charge in [0.15, 0.2) is 5.96 Å². The molecule has 0 saturated heterocycles. The first-order valence-corrected chi connectivity index (χ1v) is 9.59. The number of aromatic nitrogens is 1. The number of aliphatic imine (C=N–C) groups is 1. The highest BCUT2D eigenvalue weighted by atomic mass is 32.1. The average molecular weight is 377 g/mol. The highest BCUT2D eigenvalue weighted by Gasteiger charge is 2.08. The Hall–Kier alpha value is -2.28. The van der Waals surface area contributed by atoms with E-state index < -0.39 is 0 Å². The van der Waals surface area contributed by atoms with Gasteiger partial charge in [0.1, 0.15) is 22.6 Å². The van der Waals surface area contributed by atoms with Crippen LogP contribution in [-0.4, -0.2) is 37.7 Å². The molecule has 0 bridgehead atoms.